The van der Waals surface area contributed by atoms with Gasteiger partial charge in [-0.05, 0) is 0 Å². The summed E-state index contributed by atoms with van der Waals surface area (Å²) in [6, 6.07) is 58.6. The van der Waals surface area contributed by atoms with E-state index >= 15 is 0 Å². The van der Waals surface area contributed by atoms with Gasteiger partial charge in [0, 0.05) is 33.4 Å². The van der Waals surface area contributed by atoms with Crippen LogP contribution in [0.25, 0.3) is 0 Å². The van der Waals surface area contributed by atoms with E-state index < -0.39 is 11.2 Å². The van der Waals surface area contributed by atoms with E-state index in [0.717, 1.165) is 33.4 Å². The molecule has 4 heteroatoms. The molecule has 0 atom stereocenters. The lowest BCUT2D eigenvalue weighted by Crippen LogP contribution is -2.41. The van der Waals surface area contributed by atoms with Crippen LogP contribution in [0.1, 0.15) is 33.4 Å². The van der Waals surface area contributed by atoms with Gasteiger partial charge in [0.25, 0.3) is 11.2 Å². The van der Waals surface area contributed by atoms with Gasteiger partial charge in [-0.1, -0.05) is 182 Å². The zero-order valence-corrected chi connectivity index (χ0v) is 23.0. The molecule has 204 valence electrons. The molecule has 0 spiro atoms. The van der Waals surface area contributed by atoms with Gasteiger partial charge in [0.15, 0.2) is 0 Å². The fraction of sp³-hybridized carbons (Fsp3) is 0.0526. The molecule has 6 rings (SSSR count). The van der Waals surface area contributed by atoms with E-state index in [0.29, 0.717) is 5.09 Å². The van der Waals surface area contributed by atoms with Crippen LogP contribution in [0.3, 0.4) is 0 Å². The van der Waals surface area contributed by atoms with E-state index in [4.69, 9.17) is 9.68 Å². The molecule has 6 aromatic carbocycles. The van der Waals surface area contributed by atoms with Crippen LogP contribution in [0, 0.1) is 4.91 Å². The van der Waals surface area contributed by atoms with Crippen molar-refractivity contribution in [3.05, 3.63) is 220 Å². The molecular weight excluding hydrogens is 518 g/mol. The third kappa shape index (κ3) is 4.95. The normalized spacial score (nSPS) is 11.4. The zero-order chi connectivity index (χ0) is 28.7. The van der Waals surface area contributed by atoms with Gasteiger partial charge in [-0.15, -0.1) is 0 Å². The van der Waals surface area contributed by atoms with E-state index in [-0.39, 0.29) is 0 Å². The molecule has 0 radical (unpaired) electrons. The highest BCUT2D eigenvalue weighted by molar-refractivity contribution is 5.48. The average Bonchev–Trinajstić information content (AvgIpc) is 3.08. The van der Waals surface area contributed by atoms with Crippen molar-refractivity contribution in [1.82, 2.24) is 0 Å². The van der Waals surface area contributed by atoms with Crippen LogP contribution in [0.5, 0.6) is 0 Å². The van der Waals surface area contributed by atoms with Crippen molar-refractivity contribution in [1.29, 1.82) is 0 Å². The molecule has 0 heterocycles. The first-order chi connectivity index (χ1) is 20.7. The van der Waals surface area contributed by atoms with Gasteiger partial charge in [0.05, 0.1) is 0 Å². The van der Waals surface area contributed by atoms with Crippen LogP contribution in [0.15, 0.2) is 182 Å². The second-order valence-corrected chi connectivity index (χ2v) is 9.96. The quantitative estimate of drug-likeness (QED) is 0.127. The lowest BCUT2D eigenvalue weighted by molar-refractivity contribution is -1.00. The van der Waals surface area contributed by atoms with E-state index in [1.807, 2.05) is 182 Å². The van der Waals surface area contributed by atoms with Crippen molar-refractivity contribution < 1.29 is 14.8 Å². The molecule has 0 saturated carbocycles. The smallest absolute Gasteiger partial charge is 0.165 e. The first kappa shape index (κ1) is 26.7. The molecule has 0 aliphatic heterocycles. The van der Waals surface area contributed by atoms with Gasteiger partial charge in [-0.25, -0.2) is 0 Å². The summed E-state index contributed by atoms with van der Waals surface area (Å²) in [5.74, 6) is 0. The molecular formula is C38H30NO3+. The summed E-state index contributed by atoms with van der Waals surface area (Å²) < 4.78 is 0. The summed E-state index contributed by atoms with van der Waals surface area (Å²) in [6.45, 7) is 0. The fourth-order valence-corrected chi connectivity index (χ4v) is 5.60. The molecule has 0 aliphatic rings. The Morgan fingerprint density at radius 3 is 0.643 bits per heavy atom. The van der Waals surface area contributed by atoms with Crippen molar-refractivity contribution in [3.63, 3.8) is 0 Å². The van der Waals surface area contributed by atoms with Crippen LogP contribution in [-0.2, 0) is 20.9 Å². The summed E-state index contributed by atoms with van der Waals surface area (Å²) in [4.78, 5) is 27.5. The van der Waals surface area contributed by atoms with Crippen LogP contribution in [0.4, 0.5) is 0 Å². The molecule has 0 bridgehead atoms. The van der Waals surface area contributed by atoms with E-state index in [1.165, 1.54) is 0 Å². The zero-order valence-electron chi connectivity index (χ0n) is 23.0. The minimum Gasteiger partial charge on any atom is -0.165 e. The maximum absolute atomic E-state index is 14.4. The van der Waals surface area contributed by atoms with Crippen molar-refractivity contribution in [3.8, 4) is 0 Å². The number of nitrogens with zero attached hydrogens (tertiary/aromatic N) is 1. The highest BCUT2D eigenvalue weighted by Gasteiger charge is 2.52. The SMILES string of the molecule is O=[N+](OC(c1ccccc1)(c1ccccc1)c1ccccc1)OC(c1ccccc1)(c1ccccc1)c1ccccc1. The molecule has 0 N–H and O–H groups in total. The van der Waals surface area contributed by atoms with Gasteiger partial charge in [-0.3, -0.25) is 0 Å². The van der Waals surface area contributed by atoms with E-state index in [1.54, 1.807) is 0 Å². The molecule has 0 amide bonds. The van der Waals surface area contributed by atoms with Crippen LogP contribution < -0.4 is 0 Å². The van der Waals surface area contributed by atoms with Gasteiger partial charge in [-0.2, -0.15) is 9.68 Å². The summed E-state index contributed by atoms with van der Waals surface area (Å²) in [7, 11) is 0. The first-order valence-corrected chi connectivity index (χ1v) is 13.9. The Bertz CT molecular complexity index is 1390. The second kappa shape index (κ2) is 11.9. The molecule has 0 saturated heterocycles. The second-order valence-electron chi connectivity index (χ2n) is 9.96. The predicted molar refractivity (Wildman–Crippen MR) is 164 cm³/mol. The molecule has 0 fully saturated rings. The highest BCUT2D eigenvalue weighted by Crippen LogP contribution is 2.44. The molecule has 0 unspecified atom stereocenters. The van der Waals surface area contributed by atoms with Crippen LogP contribution in [0.2, 0.25) is 0 Å². The topological polar surface area (TPSA) is 38.5 Å². The van der Waals surface area contributed by atoms with E-state index in [9.17, 15) is 4.91 Å². The molecule has 6 aromatic rings. The molecule has 0 aromatic heterocycles. The number of hydrogen-bond donors (Lipinski definition) is 0. The Morgan fingerprint density at radius 1 is 0.310 bits per heavy atom. The first-order valence-electron chi connectivity index (χ1n) is 13.9. The van der Waals surface area contributed by atoms with Crippen LogP contribution >= 0.6 is 0 Å². The number of benzene rings is 6. The monoisotopic (exact) mass is 548 g/mol. The Kier molecular flexibility index (Phi) is 7.60. The third-order valence-electron chi connectivity index (χ3n) is 7.50. The van der Waals surface area contributed by atoms with E-state index in [2.05, 4.69) is 0 Å². The Hall–Kier alpha value is -5.48. The van der Waals surface area contributed by atoms with Gasteiger partial charge < -0.3 is 0 Å². The molecule has 4 nitrogen and oxygen atoms in total. The number of hydrogen-bond acceptors (Lipinski definition) is 3. The predicted octanol–water partition coefficient (Wildman–Crippen LogP) is 8.61. The average molecular weight is 549 g/mol. The highest BCUT2D eigenvalue weighted by atomic mass is 17.0. The minimum absolute atomic E-state index is 0.292. The molecule has 0 aliphatic carbocycles. The van der Waals surface area contributed by atoms with Crippen LogP contribution in [-0.4, -0.2) is 5.09 Å². The molecule has 42 heavy (non-hydrogen) atoms. The van der Waals surface area contributed by atoms with Crippen molar-refractivity contribution in [2.45, 2.75) is 11.2 Å². The summed E-state index contributed by atoms with van der Waals surface area (Å²) >= 11 is 0. The summed E-state index contributed by atoms with van der Waals surface area (Å²) in [5, 5.41) is 0.292. The maximum Gasteiger partial charge on any atom is 0.480 e. The number of rotatable bonds is 10. The fourth-order valence-electron chi connectivity index (χ4n) is 5.60. The lowest BCUT2D eigenvalue weighted by Gasteiger charge is -2.32. The Labute approximate surface area is 245 Å². The minimum atomic E-state index is -1.30. The largest absolute Gasteiger partial charge is 0.480 e. The van der Waals surface area contributed by atoms with Crippen molar-refractivity contribution >= 4 is 0 Å². The third-order valence-corrected chi connectivity index (χ3v) is 7.50. The van der Waals surface area contributed by atoms with Gasteiger partial charge in [0.2, 0.25) is 0 Å². The van der Waals surface area contributed by atoms with Gasteiger partial charge in [0.1, 0.15) is 4.91 Å². The van der Waals surface area contributed by atoms with Crippen molar-refractivity contribution in [2.75, 3.05) is 0 Å². The maximum atomic E-state index is 14.4. The lowest BCUT2D eigenvalue weighted by atomic mass is 9.80. The van der Waals surface area contributed by atoms with Crippen molar-refractivity contribution in [2.24, 2.45) is 0 Å². The van der Waals surface area contributed by atoms with Gasteiger partial charge >= 0.3 is 5.09 Å². The Morgan fingerprint density at radius 2 is 0.476 bits per heavy atom. The standard InChI is InChI=1S/C38H30NO3/c40-39(41-37(31-19-7-1-8-20-31,32-21-9-2-10-22-32)33-23-11-3-12-24-33)42-38(34-25-13-4-14-26-34,35-27-15-5-16-28-35)36-29-17-6-18-30-36/h1-30H/q+1. The summed E-state index contributed by atoms with van der Waals surface area (Å²) in [6.07, 6.45) is 0. The summed E-state index contributed by atoms with van der Waals surface area (Å²) in [5.41, 5.74) is 2.12. The Balaban J connectivity index is 1.55.